The van der Waals surface area contributed by atoms with Gasteiger partial charge in [0.05, 0.1) is 9.92 Å². The van der Waals surface area contributed by atoms with Crippen LogP contribution < -0.4 is 10.5 Å². The molecule has 8 heteroatoms. The molecule has 0 spiro atoms. The second-order valence-electron chi connectivity index (χ2n) is 5.17. The molecule has 0 saturated carbocycles. The minimum Gasteiger partial charge on any atom is -0.451 e. The molecule has 0 saturated heterocycles. The summed E-state index contributed by atoms with van der Waals surface area (Å²) in [7, 11) is -3.78. The molecular formula is C17H13ClN2O4S. The van der Waals surface area contributed by atoms with Gasteiger partial charge in [0.2, 0.25) is 10.0 Å². The van der Waals surface area contributed by atoms with Crippen LogP contribution in [0.1, 0.15) is 10.6 Å². The fraction of sp³-hybridized carbons (Fsp3) is 0. The van der Waals surface area contributed by atoms with E-state index in [1.54, 1.807) is 24.3 Å². The molecule has 0 aliphatic heterocycles. The van der Waals surface area contributed by atoms with Crippen molar-refractivity contribution in [1.82, 2.24) is 0 Å². The molecule has 0 aliphatic rings. The number of amides is 1. The van der Waals surface area contributed by atoms with Crippen LogP contribution in [-0.4, -0.2) is 14.3 Å². The van der Waals surface area contributed by atoms with Gasteiger partial charge >= 0.3 is 0 Å². The van der Waals surface area contributed by atoms with Crippen LogP contribution in [0.2, 0.25) is 5.02 Å². The number of halogens is 1. The van der Waals surface area contributed by atoms with Crippen molar-refractivity contribution in [3.8, 4) is 11.3 Å². The summed E-state index contributed by atoms with van der Waals surface area (Å²) in [6.45, 7) is 0. The molecule has 0 fully saturated rings. The zero-order valence-corrected chi connectivity index (χ0v) is 14.3. The molecule has 3 aromatic rings. The first-order chi connectivity index (χ1) is 11.8. The van der Waals surface area contributed by atoms with Crippen molar-refractivity contribution >= 4 is 33.2 Å². The lowest BCUT2D eigenvalue weighted by Gasteiger charge is -2.04. The fourth-order valence-corrected chi connectivity index (χ4v) is 2.93. The van der Waals surface area contributed by atoms with Crippen LogP contribution in [0.4, 0.5) is 5.69 Å². The molecule has 3 rings (SSSR count). The maximum atomic E-state index is 12.2. The molecule has 0 unspecified atom stereocenters. The van der Waals surface area contributed by atoms with Crippen molar-refractivity contribution in [2.45, 2.75) is 4.90 Å². The van der Waals surface area contributed by atoms with E-state index in [2.05, 4.69) is 5.32 Å². The van der Waals surface area contributed by atoms with E-state index in [9.17, 15) is 13.2 Å². The highest BCUT2D eigenvalue weighted by molar-refractivity contribution is 7.89. The van der Waals surface area contributed by atoms with Crippen molar-refractivity contribution in [1.29, 1.82) is 0 Å². The third-order valence-corrected chi connectivity index (χ3v) is 4.67. The second kappa shape index (κ2) is 6.72. The molecule has 1 heterocycles. The van der Waals surface area contributed by atoms with Gasteiger partial charge in [-0.25, -0.2) is 13.6 Å². The van der Waals surface area contributed by atoms with Crippen LogP contribution in [0, 0.1) is 0 Å². The lowest BCUT2D eigenvalue weighted by molar-refractivity contribution is 0.0997. The minimum atomic E-state index is -3.78. The number of nitrogens with one attached hydrogen (secondary N) is 1. The van der Waals surface area contributed by atoms with Gasteiger partial charge in [-0.15, -0.1) is 0 Å². The molecule has 128 valence electrons. The van der Waals surface area contributed by atoms with Gasteiger partial charge in [-0.05, 0) is 48.5 Å². The molecule has 1 amide bonds. The van der Waals surface area contributed by atoms with E-state index in [1.165, 1.54) is 30.3 Å². The summed E-state index contributed by atoms with van der Waals surface area (Å²) in [5.41, 5.74) is 1.09. The van der Waals surface area contributed by atoms with Crippen molar-refractivity contribution in [2.75, 3.05) is 5.32 Å². The Hall–Kier alpha value is -2.61. The summed E-state index contributed by atoms with van der Waals surface area (Å²) >= 11 is 6.11. The van der Waals surface area contributed by atoms with E-state index >= 15 is 0 Å². The number of benzene rings is 2. The van der Waals surface area contributed by atoms with Gasteiger partial charge in [-0.2, -0.15) is 0 Å². The number of carbonyl (C=O) groups is 1. The zero-order chi connectivity index (χ0) is 18.0. The number of anilines is 1. The lowest BCUT2D eigenvalue weighted by Crippen LogP contribution is -2.13. The number of rotatable bonds is 4. The molecule has 0 bridgehead atoms. The quantitative estimate of drug-likeness (QED) is 0.727. The van der Waals surface area contributed by atoms with Crippen molar-refractivity contribution in [2.24, 2.45) is 5.14 Å². The van der Waals surface area contributed by atoms with E-state index in [1.807, 2.05) is 6.07 Å². The third kappa shape index (κ3) is 3.90. The van der Waals surface area contributed by atoms with Gasteiger partial charge < -0.3 is 9.73 Å². The Labute approximate surface area is 149 Å². The van der Waals surface area contributed by atoms with Gasteiger partial charge in [0.1, 0.15) is 5.76 Å². The predicted octanol–water partition coefficient (Wildman–Crippen LogP) is 3.50. The van der Waals surface area contributed by atoms with Crippen molar-refractivity contribution in [3.63, 3.8) is 0 Å². The Bertz CT molecular complexity index is 1030. The average Bonchev–Trinajstić information content (AvgIpc) is 3.05. The minimum absolute atomic E-state index is 0.0375. The summed E-state index contributed by atoms with van der Waals surface area (Å²) in [4.78, 5) is 12.2. The first kappa shape index (κ1) is 17.2. The molecule has 3 N–H and O–H groups in total. The van der Waals surface area contributed by atoms with Crippen molar-refractivity contribution < 1.29 is 17.6 Å². The van der Waals surface area contributed by atoms with Gasteiger partial charge in [0, 0.05) is 11.3 Å². The molecule has 6 nitrogen and oxygen atoms in total. The van der Waals surface area contributed by atoms with Gasteiger partial charge in [-0.3, -0.25) is 4.79 Å². The molecular weight excluding hydrogens is 364 g/mol. The fourth-order valence-electron chi connectivity index (χ4n) is 2.19. The van der Waals surface area contributed by atoms with Crippen LogP contribution in [0.3, 0.4) is 0 Å². The highest BCUT2D eigenvalue weighted by Gasteiger charge is 2.14. The summed E-state index contributed by atoms with van der Waals surface area (Å²) in [6.07, 6.45) is 0. The van der Waals surface area contributed by atoms with Crippen molar-refractivity contribution in [3.05, 3.63) is 71.4 Å². The maximum Gasteiger partial charge on any atom is 0.291 e. The Morgan fingerprint density at radius 2 is 1.68 bits per heavy atom. The number of hydrogen-bond donors (Lipinski definition) is 2. The highest BCUT2D eigenvalue weighted by Crippen LogP contribution is 2.29. The van der Waals surface area contributed by atoms with Gasteiger partial charge in [0.15, 0.2) is 5.76 Å². The van der Waals surface area contributed by atoms with E-state index in [0.717, 1.165) is 0 Å². The number of sulfonamides is 1. The lowest BCUT2D eigenvalue weighted by atomic mass is 10.2. The Morgan fingerprint density at radius 1 is 1.00 bits per heavy atom. The third-order valence-electron chi connectivity index (χ3n) is 3.41. The topological polar surface area (TPSA) is 102 Å². The molecule has 1 aromatic heterocycles. The normalized spacial score (nSPS) is 11.3. The highest BCUT2D eigenvalue weighted by atomic mass is 35.5. The summed E-state index contributed by atoms with van der Waals surface area (Å²) in [5.74, 6) is 0.104. The molecule has 0 radical (unpaired) electrons. The Kier molecular flexibility index (Phi) is 4.63. The van der Waals surface area contributed by atoms with Crippen LogP contribution in [0.5, 0.6) is 0 Å². The second-order valence-corrected chi connectivity index (χ2v) is 7.14. The standard InChI is InChI=1S/C17H13ClN2O4S/c18-14-4-2-1-3-13(14)15-9-10-16(24-15)17(21)20-11-5-7-12(8-6-11)25(19,22)23/h1-10H,(H,20,21)(H2,19,22,23). The largest absolute Gasteiger partial charge is 0.451 e. The van der Waals surface area contributed by atoms with Gasteiger partial charge in [0.25, 0.3) is 5.91 Å². The number of furan rings is 1. The van der Waals surface area contributed by atoms with E-state index in [4.69, 9.17) is 21.2 Å². The molecule has 25 heavy (non-hydrogen) atoms. The van der Waals surface area contributed by atoms with Gasteiger partial charge in [-0.1, -0.05) is 23.7 Å². The number of hydrogen-bond acceptors (Lipinski definition) is 4. The number of carbonyl (C=O) groups excluding carboxylic acids is 1. The maximum absolute atomic E-state index is 12.2. The van der Waals surface area contributed by atoms with Crippen LogP contribution in [0.15, 0.2) is 70.0 Å². The van der Waals surface area contributed by atoms with E-state index < -0.39 is 15.9 Å². The van der Waals surface area contributed by atoms with Crippen LogP contribution in [-0.2, 0) is 10.0 Å². The Morgan fingerprint density at radius 3 is 2.32 bits per heavy atom. The molecule has 0 aliphatic carbocycles. The number of primary sulfonamides is 1. The van der Waals surface area contributed by atoms with E-state index in [0.29, 0.717) is 22.0 Å². The first-order valence-electron chi connectivity index (χ1n) is 7.13. The monoisotopic (exact) mass is 376 g/mol. The number of nitrogens with two attached hydrogens (primary N) is 1. The van der Waals surface area contributed by atoms with Crippen LogP contribution in [0.25, 0.3) is 11.3 Å². The summed E-state index contributed by atoms with van der Waals surface area (Å²) < 4.78 is 28.0. The van der Waals surface area contributed by atoms with E-state index in [-0.39, 0.29) is 10.7 Å². The van der Waals surface area contributed by atoms with Crippen LogP contribution >= 0.6 is 11.6 Å². The average molecular weight is 377 g/mol. The predicted molar refractivity (Wildman–Crippen MR) is 94.9 cm³/mol. The SMILES string of the molecule is NS(=O)(=O)c1ccc(NC(=O)c2ccc(-c3ccccc3Cl)o2)cc1. The molecule has 2 aromatic carbocycles. The summed E-state index contributed by atoms with van der Waals surface area (Å²) in [5, 5.41) is 8.16. The Balaban J connectivity index is 1.77. The molecule has 0 atom stereocenters. The smallest absolute Gasteiger partial charge is 0.291 e. The zero-order valence-electron chi connectivity index (χ0n) is 12.8. The first-order valence-corrected chi connectivity index (χ1v) is 9.06. The summed E-state index contributed by atoms with van der Waals surface area (Å²) in [6, 6.07) is 15.8.